The fourth-order valence-electron chi connectivity index (χ4n) is 8.42. The Labute approximate surface area is 284 Å². The van der Waals surface area contributed by atoms with Crippen molar-refractivity contribution >= 4 is 23.7 Å². The number of hydrogen-bond acceptors (Lipinski definition) is 7. The van der Waals surface area contributed by atoms with Crippen LogP contribution in [-0.2, 0) is 28.7 Å². The summed E-state index contributed by atoms with van der Waals surface area (Å²) >= 11 is 0. The van der Waals surface area contributed by atoms with Gasteiger partial charge in [-0.2, -0.15) is 0 Å². The molecule has 0 radical (unpaired) electrons. The fourth-order valence-corrected chi connectivity index (χ4v) is 8.42. The van der Waals surface area contributed by atoms with Crippen LogP contribution in [0.4, 0.5) is 0 Å². The van der Waals surface area contributed by atoms with Gasteiger partial charge >= 0.3 is 5.97 Å². The molecule has 48 heavy (non-hydrogen) atoms. The second-order valence-electron chi connectivity index (χ2n) is 15.7. The number of rotatable bonds is 8. The van der Waals surface area contributed by atoms with Gasteiger partial charge in [0.1, 0.15) is 23.7 Å². The molecule has 7 atom stereocenters. The average molecular weight is 664 g/mol. The van der Waals surface area contributed by atoms with E-state index >= 15 is 4.79 Å². The molecular weight excluding hydrogens is 610 g/mol. The number of allylic oxidation sites excluding steroid dienone is 1. The van der Waals surface area contributed by atoms with Crippen LogP contribution in [0.2, 0.25) is 0 Å². The van der Waals surface area contributed by atoms with Crippen LogP contribution in [0.15, 0.2) is 54.6 Å². The van der Waals surface area contributed by atoms with Gasteiger partial charge in [0, 0.05) is 31.7 Å². The van der Waals surface area contributed by atoms with E-state index in [4.69, 9.17) is 9.47 Å². The first kappa shape index (κ1) is 35.8. The summed E-state index contributed by atoms with van der Waals surface area (Å²) in [5.74, 6) is -3.19. The van der Waals surface area contributed by atoms with Crippen molar-refractivity contribution in [2.75, 3.05) is 19.7 Å². The lowest BCUT2D eigenvalue weighted by atomic mass is 9.74. The molecule has 2 N–H and O–H groups in total. The molecule has 4 aliphatic heterocycles. The number of carbonyl (C=O) groups is 4. The van der Waals surface area contributed by atoms with Crippen LogP contribution in [0.1, 0.15) is 91.7 Å². The lowest BCUT2D eigenvalue weighted by molar-refractivity contribution is -0.161. The van der Waals surface area contributed by atoms with E-state index in [2.05, 4.69) is 26.1 Å². The quantitative estimate of drug-likeness (QED) is 0.239. The molecule has 0 aromatic heterocycles. The van der Waals surface area contributed by atoms with E-state index < -0.39 is 53.2 Å². The molecule has 5 bridgehead atoms. The minimum atomic E-state index is -1.32. The summed E-state index contributed by atoms with van der Waals surface area (Å²) in [5.41, 5.74) is -1.30. The van der Waals surface area contributed by atoms with Gasteiger partial charge in [0.15, 0.2) is 0 Å². The molecule has 2 fully saturated rings. The maximum atomic E-state index is 15.1. The third-order valence-electron chi connectivity index (χ3n) is 10.1. The zero-order valence-corrected chi connectivity index (χ0v) is 29.3. The van der Waals surface area contributed by atoms with Crippen molar-refractivity contribution in [2.45, 2.75) is 115 Å². The standard InChI is InChI=1S/C38H53N3O7/c1-25-31(26-16-10-7-11-17-26)47-35(46)29-27-19-20-38(48-27)30(29)33(44)40(21-13-9-15-23-42)32(38)34(45)41(37(5,6)24-36(2,3)4)22-14-8-12-18-28(43)39-25/h7-8,10-11,14,16-17,19-20,25,27,29-32,42H,9,12-13,15,18,21-24H2,1-6H3,(H,39,43)/b14-8-/t25-,27+,29-,30-,31+,32+,38-/m0/s1. The van der Waals surface area contributed by atoms with E-state index in [1.165, 1.54) is 0 Å². The third kappa shape index (κ3) is 7.10. The SMILES string of the molecule is C[C@@H]1NC(=O)CC/C=C\CN(C(C)(C)CC(C)(C)C)C(=O)[C@H]2N(CCCCCO)C(=O)[C@@H]3[C@@H](C(=O)O[C@H]1c1ccccc1)[C@H]1C=C[C@]32O1. The number of hydrogen-bond donors (Lipinski definition) is 2. The highest BCUT2D eigenvalue weighted by molar-refractivity contribution is 5.99. The van der Waals surface area contributed by atoms with Crippen molar-refractivity contribution in [3.8, 4) is 0 Å². The summed E-state index contributed by atoms with van der Waals surface area (Å²) in [6.45, 7) is 13.0. The van der Waals surface area contributed by atoms with Gasteiger partial charge in [0.05, 0.1) is 18.1 Å². The van der Waals surface area contributed by atoms with Crippen LogP contribution in [0.3, 0.4) is 0 Å². The van der Waals surface area contributed by atoms with Gasteiger partial charge in [-0.3, -0.25) is 19.2 Å². The number of likely N-dealkylation sites (tertiary alicyclic amines) is 1. The van der Waals surface area contributed by atoms with Gasteiger partial charge in [0.2, 0.25) is 17.7 Å². The maximum Gasteiger partial charge on any atom is 0.313 e. The minimum absolute atomic E-state index is 0.0485. The highest BCUT2D eigenvalue weighted by Crippen LogP contribution is 2.56. The summed E-state index contributed by atoms with van der Waals surface area (Å²) in [5, 5.41) is 12.4. The molecule has 2 saturated heterocycles. The highest BCUT2D eigenvalue weighted by atomic mass is 16.6. The van der Waals surface area contributed by atoms with E-state index in [0.29, 0.717) is 45.2 Å². The molecule has 10 heteroatoms. The van der Waals surface area contributed by atoms with Crippen LogP contribution >= 0.6 is 0 Å². The van der Waals surface area contributed by atoms with Crippen LogP contribution in [0, 0.1) is 17.3 Å². The van der Waals surface area contributed by atoms with Gasteiger partial charge in [-0.1, -0.05) is 75.4 Å². The lowest BCUT2D eigenvalue weighted by Crippen LogP contribution is -2.60. The van der Waals surface area contributed by atoms with Gasteiger partial charge < -0.3 is 29.7 Å². The molecule has 5 rings (SSSR count). The maximum absolute atomic E-state index is 15.1. The predicted octanol–water partition coefficient (Wildman–Crippen LogP) is 4.48. The number of amides is 3. The molecule has 0 aliphatic carbocycles. The number of ether oxygens (including phenoxy) is 2. The largest absolute Gasteiger partial charge is 0.455 e. The molecule has 0 unspecified atom stereocenters. The zero-order chi connectivity index (χ0) is 34.9. The molecule has 262 valence electrons. The van der Waals surface area contributed by atoms with Crippen molar-refractivity contribution in [1.82, 2.24) is 15.1 Å². The van der Waals surface area contributed by atoms with E-state index in [1.807, 2.05) is 74.2 Å². The van der Waals surface area contributed by atoms with Crippen molar-refractivity contribution in [2.24, 2.45) is 17.3 Å². The molecular formula is C38H53N3O7. The third-order valence-corrected chi connectivity index (χ3v) is 10.1. The monoisotopic (exact) mass is 663 g/mol. The number of nitrogens with zero attached hydrogens (tertiary/aromatic N) is 2. The van der Waals surface area contributed by atoms with Crippen molar-refractivity contribution in [3.05, 3.63) is 60.2 Å². The number of nitrogens with one attached hydrogen (secondary N) is 1. The Bertz CT molecular complexity index is 1420. The Kier molecular flexibility index (Phi) is 10.6. The highest BCUT2D eigenvalue weighted by Gasteiger charge is 2.73. The number of aliphatic hydroxyl groups is 1. The first-order chi connectivity index (χ1) is 22.7. The van der Waals surface area contributed by atoms with E-state index in [-0.39, 0.29) is 36.2 Å². The van der Waals surface area contributed by atoms with Crippen molar-refractivity contribution in [1.29, 1.82) is 0 Å². The minimum Gasteiger partial charge on any atom is -0.455 e. The van der Waals surface area contributed by atoms with Crippen LogP contribution in [0.5, 0.6) is 0 Å². The average Bonchev–Trinajstić information content (AvgIpc) is 3.65. The Morgan fingerprint density at radius 1 is 0.979 bits per heavy atom. The summed E-state index contributed by atoms with van der Waals surface area (Å²) in [4.78, 5) is 60.4. The number of aliphatic hydroxyl groups excluding tert-OH is 1. The summed E-state index contributed by atoms with van der Waals surface area (Å²) in [6.07, 6.45) is 9.23. The number of carbonyl (C=O) groups excluding carboxylic acids is 4. The first-order valence-corrected chi connectivity index (χ1v) is 17.5. The molecule has 1 aromatic carbocycles. The van der Waals surface area contributed by atoms with Gasteiger partial charge in [-0.05, 0) is 63.9 Å². The zero-order valence-electron chi connectivity index (χ0n) is 29.3. The molecule has 0 saturated carbocycles. The number of unbranched alkanes of at least 4 members (excludes halogenated alkanes) is 2. The second-order valence-corrected chi connectivity index (χ2v) is 15.7. The van der Waals surface area contributed by atoms with E-state index in [9.17, 15) is 19.5 Å². The Balaban J connectivity index is 1.59. The van der Waals surface area contributed by atoms with Crippen molar-refractivity contribution in [3.63, 3.8) is 0 Å². The molecule has 4 aliphatic rings. The van der Waals surface area contributed by atoms with Crippen molar-refractivity contribution < 1.29 is 33.8 Å². The van der Waals surface area contributed by atoms with Gasteiger partial charge in [0.25, 0.3) is 0 Å². The van der Waals surface area contributed by atoms with Crippen LogP contribution in [-0.4, -0.2) is 87.6 Å². The molecule has 10 nitrogen and oxygen atoms in total. The molecule has 4 heterocycles. The summed E-state index contributed by atoms with van der Waals surface area (Å²) < 4.78 is 12.9. The van der Waals surface area contributed by atoms with E-state index in [1.54, 1.807) is 11.0 Å². The molecule has 3 amide bonds. The predicted molar refractivity (Wildman–Crippen MR) is 181 cm³/mol. The number of esters is 1. The lowest BCUT2D eigenvalue weighted by Gasteiger charge is -2.45. The van der Waals surface area contributed by atoms with E-state index in [0.717, 1.165) is 5.56 Å². The number of benzene rings is 1. The normalized spacial score (nSPS) is 32.0. The Morgan fingerprint density at radius 3 is 2.40 bits per heavy atom. The number of cyclic esters (lactones) is 1. The first-order valence-electron chi connectivity index (χ1n) is 17.5. The summed E-state index contributed by atoms with van der Waals surface area (Å²) in [7, 11) is 0. The molecule has 1 aromatic rings. The second kappa shape index (κ2) is 14.2. The molecule has 1 spiro atoms. The number of fused-ring (bicyclic) bond motifs is 2. The fraction of sp³-hybridized carbons (Fsp3) is 0.632. The topological polar surface area (TPSA) is 125 Å². The van der Waals surface area contributed by atoms with Gasteiger partial charge in [-0.25, -0.2) is 0 Å². The Morgan fingerprint density at radius 2 is 1.71 bits per heavy atom. The summed E-state index contributed by atoms with van der Waals surface area (Å²) in [6, 6.07) is 7.75. The van der Waals surface area contributed by atoms with Crippen LogP contribution < -0.4 is 5.32 Å². The van der Waals surface area contributed by atoms with Gasteiger partial charge in [-0.15, -0.1) is 0 Å². The Hall–Kier alpha value is -3.50. The smallest absolute Gasteiger partial charge is 0.313 e. The van der Waals surface area contributed by atoms with Crippen LogP contribution in [0.25, 0.3) is 0 Å².